The summed E-state index contributed by atoms with van der Waals surface area (Å²) in [6.45, 7) is 4.45. The van der Waals surface area contributed by atoms with Gasteiger partial charge in [-0.15, -0.1) is 34.4 Å². The molecule has 4 heterocycles. The number of amides is 1. The average molecular weight is 674 g/mol. The maximum Gasteiger partial charge on any atom is 0.370 e. The normalized spacial score (nSPS) is 18.4. The lowest BCUT2D eigenvalue weighted by atomic mass is 10.1. The fourth-order valence-corrected chi connectivity index (χ4v) is 7.81. The number of aromatic nitrogens is 1. The second kappa shape index (κ2) is 13.1. The number of benzene rings is 1. The van der Waals surface area contributed by atoms with Crippen molar-refractivity contribution in [3.63, 3.8) is 0 Å². The second-order valence-corrected chi connectivity index (χ2v) is 14.5. The standard InChI is InChI=1S/C28H27N5O7S4/c1-28(2,3)40-19(34)11-38-32-21(16-12-43-27(30)31-16)25(36)39-26(37)22-18(13-42-24-20(29)23(35)33(22)24)44-15-8-6-14(7-9-15)17-5-4-10-41-17/h4-10,12,20,24H,11,13,29H2,1-3H3,(H2,30,31)/t20?,24-/m0/s1. The van der Waals surface area contributed by atoms with Gasteiger partial charge in [0.2, 0.25) is 18.2 Å². The van der Waals surface area contributed by atoms with Crippen molar-refractivity contribution in [2.24, 2.45) is 10.9 Å². The fourth-order valence-electron chi connectivity index (χ4n) is 4.11. The Morgan fingerprint density at radius 2 is 1.91 bits per heavy atom. The van der Waals surface area contributed by atoms with Gasteiger partial charge >= 0.3 is 17.9 Å². The van der Waals surface area contributed by atoms with Gasteiger partial charge in [-0.25, -0.2) is 19.4 Å². The topological polar surface area (TPSA) is 177 Å². The van der Waals surface area contributed by atoms with Gasteiger partial charge in [0.25, 0.3) is 0 Å². The number of nitrogens with two attached hydrogens (primary N) is 2. The van der Waals surface area contributed by atoms with E-state index in [1.807, 2.05) is 41.8 Å². The van der Waals surface area contributed by atoms with Crippen molar-refractivity contribution in [2.45, 2.75) is 42.7 Å². The molecular formula is C28H27N5O7S4. The Morgan fingerprint density at radius 1 is 1.16 bits per heavy atom. The van der Waals surface area contributed by atoms with Crippen molar-refractivity contribution in [1.82, 2.24) is 9.88 Å². The van der Waals surface area contributed by atoms with Crippen LogP contribution >= 0.6 is 46.2 Å². The van der Waals surface area contributed by atoms with Crippen molar-refractivity contribution in [2.75, 3.05) is 18.1 Å². The molecule has 4 N–H and O–H groups in total. The van der Waals surface area contributed by atoms with Gasteiger partial charge in [0.15, 0.2) is 5.13 Å². The smallest absolute Gasteiger partial charge is 0.370 e. The number of anilines is 1. The van der Waals surface area contributed by atoms with Gasteiger partial charge < -0.3 is 25.8 Å². The summed E-state index contributed by atoms with van der Waals surface area (Å²) in [6, 6.07) is 11.0. The Balaban J connectivity index is 1.38. The lowest BCUT2D eigenvalue weighted by Crippen LogP contribution is -2.68. The summed E-state index contributed by atoms with van der Waals surface area (Å²) in [5.41, 5.74) is 11.4. The van der Waals surface area contributed by atoms with E-state index in [0.29, 0.717) is 10.7 Å². The van der Waals surface area contributed by atoms with Gasteiger partial charge in [0.1, 0.15) is 28.4 Å². The average Bonchev–Trinajstić information content (AvgIpc) is 3.66. The van der Waals surface area contributed by atoms with E-state index >= 15 is 0 Å². The van der Waals surface area contributed by atoms with Gasteiger partial charge in [0.05, 0.1) is 0 Å². The first kappa shape index (κ1) is 31.7. The number of esters is 3. The molecule has 0 saturated carbocycles. The number of nitrogens with zero attached hydrogens (tertiary/aromatic N) is 3. The quantitative estimate of drug-likeness (QED) is 0.111. The molecule has 0 aliphatic carbocycles. The molecule has 0 spiro atoms. The predicted octanol–water partition coefficient (Wildman–Crippen LogP) is 3.83. The summed E-state index contributed by atoms with van der Waals surface area (Å²) < 4.78 is 10.4. The highest BCUT2D eigenvalue weighted by Crippen LogP contribution is 2.45. The number of nitrogen functional groups attached to an aromatic ring is 1. The molecule has 12 nitrogen and oxygen atoms in total. The summed E-state index contributed by atoms with van der Waals surface area (Å²) in [5, 5.41) is 6.78. The number of carbonyl (C=O) groups excluding carboxylic acids is 4. The summed E-state index contributed by atoms with van der Waals surface area (Å²) in [5.74, 6) is -3.11. The number of thioether (sulfide) groups is 2. The van der Waals surface area contributed by atoms with Crippen LogP contribution in [0.5, 0.6) is 0 Å². The summed E-state index contributed by atoms with van der Waals surface area (Å²) >= 11 is 5.35. The van der Waals surface area contributed by atoms with Crippen LogP contribution in [-0.4, -0.2) is 68.8 Å². The zero-order chi connectivity index (χ0) is 31.6. The van der Waals surface area contributed by atoms with E-state index in [4.69, 9.17) is 25.8 Å². The van der Waals surface area contributed by atoms with Crippen LogP contribution in [0, 0.1) is 0 Å². The zero-order valence-electron chi connectivity index (χ0n) is 23.7. The van der Waals surface area contributed by atoms with Gasteiger partial charge in [-0.2, -0.15) is 0 Å². The molecule has 230 valence electrons. The van der Waals surface area contributed by atoms with Crippen molar-refractivity contribution >= 4 is 80.9 Å². The highest BCUT2D eigenvalue weighted by Gasteiger charge is 2.52. The van der Waals surface area contributed by atoms with Crippen molar-refractivity contribution in [1.29, 1.82) is 0 Å². The Labute approximate surface area is 268 Å². The second-order valence-electron chi connectivity index (χ2n) is 10.4. The molecule has 0 bridgehead atoms. The molecule has 1 amide bonds. The third kappa shape index (κ3) is 7.15. The number of hydrogen-bond donors (Lipinski definition) is 2. The molecule has 2 aliphatic heterocycles. The van der Waals surface area contributed by atoms with E-state index in [0.717, 1.165) is 26.7 Å². The monoisotopic (exact) mass is 673 g/mol. The van der Waals surface area contributed by atoms with E-state index in [1.165, 1.54) is 33.8 Å². The van der Waals surface area contributed by atoms with Crippen LogP contribution in [0.2, 0.25) is 0 Å². The Kier molecular flexibility index (Phi) is 9.45. The number of β-lactam (4-membered cyclic amide) rings is 1. The number of oxime groups is 1. The minimum absolute atomic E-state index is 0.0250. The molecule has 1 saturated heterocycles. The van der Waals surface area contributed by atoms with Gasteiger partial charge in [-0.05, 0) is 49.9 Å². The first-order chi connectivity index (χ1) is 20.9. The van der Waals surface area contributed by atoms with E-state index in [1.54, 1.807) is 32.1 Å². The van der Waals surface area contributed by atoms with Crippen molar-refractivity contribution in [3.05, 3.63) is 63.5 Å². The Hall–Kier alpha value is -3.70. The first-order valence-corrected chi connectivity index (χ1v) is 16.7. The number of thiazole rings is 1. The van der Waals surface area contributed by atoms with Crippen molar-refractivity contribution < 1.29 is 33.5 Å². The molecule has 1 aromatic carbocycles. The van der Waals surface area contributed by atoms with E-state index < -0.39 is 53.2 Å². The molecule has 1 unspecified atom stereocenters. The van der Waals surface area contributed by atoms with Crippen LogP contribution in [0.15, 0.2) is 67.8 Å². The molecule has 2 aromatic heterocycles. The van der Waals surface area contributed by atoms with Crippen LogP contribution in [0.1, 0.15) is 26.5 Å². The Morgan fingerprint density at radius 3 is 2.55 bits per heavy atom. The molecule has 44 heavy (non-hydrogen) atoms. The molecule has 0 radical (unpaired) electrons. The maximum absolute atomic E-state index is 13.6. The first-order valence-electron chi connectivity index (χ1n) is 13.1. The third-order valence-electron chi connectivity index (χ3n) is 5.97. The van der Waals surface area contributed by atoms with Crippen LogP contribution in [0.25, 0.3) is 10.4 Å². The molecular weight excluding hydrogens is 647 g/mol. The zero-order valence-corrected chi connectivity index (χ0v) is 26.9. The van der Waals surface area contributed by atoms with Crippen LogP contribution in [0.4, 0.5) is 5.13 Å². The Bertz CT molecular complexity index is 1640. The van der Waals surface area contributed by atoms with Crippen LogP contribution in [-0.2, 0) is 33.5 Å². The molecule has 2 aliphatic rings. The number of rotatable bonds is 9. The number of hydrogen-bond acceptors (Lipinski definition) is 15. The van der Waals surface area contributed by atoms with Gasteiger partial charge in [-0.3, -0.25) is 9.69 Å². The molecule has 16 heteroatoms. The number of carbonyl (C=O) groups is 4. The minimum Gasteiger partial charge on any atom is -0.457 e. The van der Waals surface area contributed by atoms with Crippen LogP contribution in [0.3, 0.4) is 0 Å². The third-order valence-corrected chi connectivity index (χ3v) is 10.1. The van der Waals surface area contributed by atoms with E-state index in [2.05, 4.69) is 10.1 Å². The number of thiophene rings is 1. The maximum atomic E-state index is 13.6. The summed E-state index contributed by atoms with van der Waals surface area (Å²) in [7, 11) is 0. The number of fused-ring (bicyclic) bond motifs is 1. The van der Waals surface area contributed by atoms with E-state index in [9.17, 15) is 19.2 Å². The number of ether oxygens (including phenoxy) is 2. The lowest BCUT2D eigenvalue weighted by molar-refractivity contribution is -0.161. The predicted molar refractivity (Wildman–Crippen MR) is 170 cm³/mol. The van der Waals surface area contributed by atoms with Crippen LogP contribution < -0.4 is 11.5 Å². The molecule has 1 fully saturated rings. The molecule has 2 atom stereocenters. The SMILES string of the molecule is CC(C)(C)OC(=O)CON=C(C(=O)OC(=O)C1=C(Sc2ccc(-c3cccs3)cc2)CS[C@H]2C(N)C(=O)N12)c1csc(N)n1. The summed E-state index contributed by atoms with van der Waals surface area (Å²) in [4.78, 5) is 64.5. The van der Waals surface area contributed by atoms with Gasteiger partial charge in [-0.1, -0.05) is 35.1 Å². The van der Waals surface area contributed by atoms with Crippen molar-refractivity contribution in [3.8, 4) is 10.4 Å². The largest absolute Gasteiger partial charge is 0.457 e. The lowest BCUT2D eigenvalue weighted by Gasteiger charge is -2.48. The minimum atomic E-state index is -1.21. The fraction of sp³-hybridized carbons (Fsp3) is 0.286. The summed E-state index contributed by atoms with van der Waals surface area (Å²) in [6.07, 6.45) is 0. The highest BCUT2D eigenvalue weighted by atomic mass is 32.2. The molecule has 5 rings (SSSR count). The highest BCUT2D eigenvalue weighted by molar-refractivity contribution is 8.06. The molecule has 3 aromatic rings. The van der Waals surface area contributed by atoms with Gasteiger partial charge in [0, 0.05) is 25.8 Å². The van der Waals surface area contributed by atoms with E-state index in [-0.39, 0.29) is 16.5 Å².